The number of hydrogen-bond donors (Lipinski definition) is 0. The summed E-state index contributed by atoms with van der Waals surface area (Å²) in [6, 6.07) is 8.70. The van der Waals surface area contributed by atoms with Crippen LogP contribution in [0.1, 0.15) is 18.2 Å². The molecule has 0 atom stereocenters. The Morgan fingerprint density at radius 1 is 1.29 bits per heavy atom. The minimum atomic E-state index is 0.865. The van der Waals surface area contributed by atoms with Crippen LogP contribution in [0.2, 0.25) is 0 Å². The fourth-order valence-corrected chi connectivity index (χ4v) is 2.80. The summed E-state index contributed by atoms with van der Waals surface area (Å²) in [5, 5.41) is 3.43. The SMILES string of the molecule is CCc1cccc2ccn(Cc3cscn3)c12. The molecular weight excluding hydrogens is 228 g/mol. The molecule has 0 saturated carbocycles. The molecule has 3 rings (SSSR count). The van der Waals surface area contributed by atoms with Gasteiger partial charge in [-0.2, -0.15) is 0 Å². The number of para-hydroxylation sites is 1. The summed E-state index contributed by atoms with van der Waals surface area (Å²) in [4.78, 5) is 4.35. The van der Waals surface area contributed by atoms with Gasteiger partial charge in [0.2, 0.25) is 0 Å². The molecule has 0 aliphatic rings. The highest BCUT2D eigenvalue weighted by molar-refractivity contribution is 7.07. The van der Waals surface area contributed by atoms with Crippen LogP contribution in [-0.2, 0) is 13.0 Å². The molecule has 0 aliphatic carbocycles. The molecule has 3 aromatic rings. The number of rotatable bonds is 3. The van der Waals surface area contributed by atoms with Crippen molar-refractivity contribution in [2.45, 2.75) is 19.9 Å². The van der Waals surface area contributed by atoms with E-state index in [0.717, 1.165) is 18.7 Å². The number of nitrogens with zero attached hydrogens (tertiary/aromatic N) is 2. The predicted molar refractivity (Wildman–Crippen MR) is 72.5 cm³/mol. The smallest absolute Gasteiger partial charge is 0.0795 e. The maximum absolute atomic E-state index is 4.35. The Labute approximate surface area is 105 Å². The molecule has 0 N–H and O–H groups in total. The van der Waals surface area contributed by atoms with Gasteiger partial charge in [-0.15, -0.1) is 11.3 Å². The van der Waals surface area contributed by atoms with Crippen molar-refractivity contribution in [2.24, 2.45) is 0 Å². The lowest BCUT2D eigenvalue weighted by Crippen LogP contribution is -1.99. The van der Waals surface area contributed by atoms with E-state index in [2.05, 4.69) is 52.3 Å². The molecule has 0 bridgehead atoms. The first-order valence-corrected chi connectivity index (χ1v) is 6.76. The fourth-order valence-electron chi connectivity index (χ4n) is 2.25. The van der Waals surface area contributed by atoms with Crippen LogP contribution in [0.5, 0.6) is 0 Å². The average Bonchev–Trinajstić information content (AvgIpc) is 2.99. The summed E-state index contributed by atoms with van der Waals surface area (Å²) in [5.41, 5.74) is 5.78. The third-order valence-electron chi connectivity index (χ3n) is 3.07. The summed E-state index contributed by atoms with van der Waals surface area (Å²) in [7, 11) is 0. The topological polar surface area (TPSA) is 17.8 Å². The van der Waals surface area contributed by atoms with E-state index in [-0.39, 0.29) is 0 Å². The Morgan fingerprint density at radius 3 is 3.00 bits per heavy atom. The normalized spacial score (nSPS) is 11.1. The van der Waals surface area contributed by atoms with Gasteiger partial charge >= 0.3 is 0 Å². The zero-order chi connectivity index (χ0) is 11.7. The molecule has 86 valence electrons. The molecule has 2 heterocycles. The minimum absolute atomic E-state index is 0.865. The largest absolute Gasteiger partial charge is 0.341 e. The molecule has 0 radical (unpaired) electrons. The van der Waals surface area contributed by atoms with E-state index < -0.39 is 0 Å². The summed E-state index contributed by atoms with van der Waals surface area (Å²) in [5.74, 6) is 0. The van der Waals surface area contributed by atoms with Gasteiger partial charge in [0.1, 0.15) is 0 Å². The molecule has 17 heavy (non-hydrogen) atoms. The predicted octanol–water partition coefficient (Wildman–Crippen LogP) is 3.71. The number of thiazole rings is 1. The number of aryl methyl sites for hydroxylation is 1. The van der Waals surface area contributed by atoms with Gasteiger partial charge < -0.3 is 4.57 Å². The van der Waals surface area contributed by atoms with Crippen LogP contribution in [0.4, 0.5) is 0 Å². The lowest BCUT2D eigenvalue weighted by Gasteiger charge is -2.07. The molecule has 0 unspecified atom stereocenters. The van der Waals surface area contributed by atoms with E-state index >= 15 is 0 Å². The van der Waals surface area contributed by atoms with E-state index in [1.807, 2.05) is 5.51 Å². The van der Waals surface area contributed by atoms with Crippen molar-refractivity contribution in [2.75, 3.05) is 0 Å². The average molecular weight is 242 g/mol. The molecule has 3 heteroatoms. The van der Waals surface area contributed by atoms with Gasteiger partial charge in [0.15, 0.2) is 0 Å². The molecule has 1 aromatic carbocycles. The maximum atomic E-state index is 4.35. The van der Waals surface area contributed by atoms with Crippen molar-refractivity contribution in [3.05, 3.63) is 52.6 Å². The minimum Gasteiger partial charge on any atom is -0.341 e. The number of benzene rings is 1. The van der Waals surface area contributed by atoms with Crippen molar-refractivity contribution < 1.29 is 0 Å². The number of aromatic nitrogens is 2. The van der Waals surface area contributed by atoms with Gasteiger partial charge in [-0.05, 0) is 23.4 Å². The van der Waals surface area contributed by atoms with E-state index in [9.17, 15) is 0 Å². The second-order valence-corrected chi connectivity index (χ2v) is 4.85. The summed E-state index contributed by atoms with van der Waals surface area (Å²) < 4.78 is 2.29. The molecule has 0 fully saturated rings. The second kappa shape index (κ2) is 4.34. The lowest BCUT2D eigenvalue weighted by molar-refractivity contribution is 0.810. The molecule has 0 amide bonds. The third kappa shape index (κ3) is 1.87. The molecule has 0 aliphatic heterocycles. The molecule has 0 saturated heterocycles. The second-order valence-electron chi connectivity index (χ2n) is 4.13. The van der Waals surface area contributed by atoms with Crippen LogP contribution in [0.25, 0.3) is 10.9 Å². The quantitative estimate of drug-likeness (QED) is 0.684. The molecule has 2 aromatic heterocycles. The van der Waals surface area contributed by atoms with Crippen LogP contribution in [0.3, 0.4) is 0 Å². The number of fused-ring (bicyclic) bond motifs is 1. The summed E-state index contributed by atoms with van der Waals surface area (Å²) in [6.07, 6.45) is 3.22. The van der Waals surface area contributed by atoms with E-state index in [1.165, 1.54) is 16.5 Å². The Bertz CT molecular complexity index is 623. The molecule has 2 nitrogen and oxygen atoms in total. The van der Waals surface area contributed by atoms with E-state index in [1.54, 1.807) is 11.3 Å². The highest BCUT2D eigenvalue weighted by Gasteiger charge is 2.06. The van der Waals surface area contributed by atoms with Crippen LogP contribution in [0, 0.1) is 0 Å². The summed E-state index contributed by atoms with van der Waals surface area (Å²) in [6.45, 7) is 3.07. The standard InChI is InChI=1S/C14H14N2S/c1-2-11-4-3-5-12-6-7-16(14(11)12)8-13-9-17-10-15-13/h3-7,9-10H,2,8H2,1H3. The molecular formula is C14H14N2S. The van der Waals surface area contributed by atoms with Crippen LogP contribution in [0.15, 0.2) is 41.4 Å². The Morgan fingerprint density at radius 2 is 2.24 bits per heavy atom. The maximum Gasteiger partial charge on any atom is 0.0795 e. The van der Waals surface area contributed by atoms with Crippen molar-refractivity contribution in [1.29, 1.82) is 0 Å². The first kappa shape index (κ1) is 10.5. The molecule has 0 spiro atoms. The Hall–Kier alpha value is -1.61. The van der Waals surface area contributed by atoms with Crippen molar-refractivity contribution in [1.82, 2.24) is 9.55 Å². The highest BCUT2D eigenvalue weighted by Crippen LogP contribution is 2.21. The lowest BCUT2D eigenvalue weighted by atomic mass is 10.1. The van der Waals surface area contributed by atoms with Gasteiger partial charge in [0.05, 0.1) is 23.3 Å². The first-order chi connectivity index (χ1) is 8.38. The van der Waals surface area contributed by atoms with Gasteiger partial charge in [-0.1, -0.05) is 25.1 Å². The van der Waals surface area contributed by atoms with Crippen molar-refractivity contribution in [3.63, 3.8) is 0 Å². The van der Waals surface area contributed by atoms with Crippen LogP contribution in [-0.4, -0.2) is 9.55 Å². The zero-order valence-corrected chi connectivity index (χ0v) is 10.6. The van der Waals surface area contributed by atoms with Crippen molar-refractivity contribution in [3.8, 4) is 0 Å². The highest BCUT2D eigenvalue weighted by atomic mass is 32.1. The summed E-state index contributed by atoms with van der Waals surface area (Å²) >= 11 is 1.65. The fraction of sp³-hybridized carbons (Fsp3) is 0.214. The van der Waals surface area contributed by atoms with Gasteiger partial charge in [0, 0.05) is 11.6 Å². The van der Waals surface area contributed by atoms with Gasteiger partial charge in [-0.25, -0.2) is 4.98 Å². The first-order valence-electron chi connectivity index (χ1n) is 5.82. The van der Waals surface area contributed by atoms with E-state index in [0.29, 0.717) is 0 Å². The van der Waals surface area contributed by atoms with Gasteiger partial charge in [0.25, 0.3) is 0 Å². The monoisotopic (exact) mass is 242 g/mol. The Balaban J connectivity index is 2.10. The van der Waals surface area contributed by atoms with E-state index in [4.69, 9.17) is 0 Å². The number of hydrogen-bond acceptors (Lipinski definition) is 2. The Kier molecular flexibility index (Phi) is 2.69. The van der Waals surface area contributed by atoms with Crippen LogP contribution < -0.4 is 0 Å². The van der Waals surface area contributed by atoms with Crippen LogP contribution >= 0.6 is 11.3 Å². The van der Waals surface area contributed by atoms with Crippen molar-refractivity contribution >= 4 is 22.2 Å². The zero-order valence-electron chi connectivity index (χ0n) is 9.76. The third-order valence-corrected chi connectivity index (χ3v) is 3.70. The van der Waals surface area contributed by atoms with Gasteiger partial charge in [-0.3, -0.25) is 0 Å².